The Morgan fingerprint density at radius 2 is 0.667 bits per heavy atom. The number of nitrogens with zero attached hydrogens (tertiary/aromatic N) is 2. The van der Waals surface area contributed by atoms with Gasteiger partial charge in [-0.05, 0) is 65.7 Å². The number of carbonyl (C=O) groups is 4. The minimum atomic E-state index is -4.52. The van der Waals surface area contributed by atoms with Gasteiger partial charge in [0.05, 0.1) is 315 Å². The van der Waals surface area contributed by atoms with Gasteiger partial charge in [-0.15, -0.1) is 5.06 Å². The fraction of sp³-hybridized carbons (Fsp3) is 0.778. The van der Waals surface area contributed by atoms with Crippen molar-refractivity contribution >= 4 is 33.8 Å². The number of allylic oxidation sites excluding steroid dienone is 12. The van der Waals surface area contributed by atoms with Gasteiger partial charge in [0, 0.05) is 56.9 Å². The highest BCUT2D eigenvalue weighted by Crippen LogP contribution is 2.55. The number of hydroxylamine groups is 2. The molecule has 0 spiro atoms. The Balaban J connectivity index is 0.705. The zero-order valence-electron chi connectivity index (χ0n) is 69.4. The second kappa shape index (κ2) is 69.5. The van der Waals surface area contributed by atoms with Gasteiger partial charge in [0.25, 0.3) is 27.8 Å². The van der Waals surface area contributed by atoms with E-state index in [0.717, 1.165) is 27.9 Å². The van der Waals surface area contributed by atoms with Gasteiger partial charge in [-0.3, -0.25) is 18.9 Å². The van der Waals surface area contributed by atoms with Gasteiger partial charge >= 0.3 is 5.97 Å². The van der Waals surface area contributed by atoms with E-state index < -0.39 is 27.9 Å². The fourth-order valence-electron chi connectivity index (χ4n) is 11.9. The minimum Gasteiger partial charge on any atom is -0.483 e. The Hall–Kier alpha value is -4.99. The maximum absolute atomic E-state index is 14.0. The lowest BCUT2D eigenvalue weighted by Crippen LogP contribution is -2.38. The average molecular weight is 1700 g/mol. The van der Waals surface area contributed by atoms with E-state index in [1.165, 1.54) is 0 Å². The maximum Gasteiger partial charge on any atom is 0.333 e. The predicted molar refractivity (Wildman–Crippen MR) is 424 cm³/mol. The fourth-order valence-corrected chi connectivity index (χ4v) is 12.7. The molecule has 117 heavy (non-hydrogen) atoms. The Morgan fingerprint density at radius 1 is 0.385 bits per heavy atom. The van der Waals surface area contributed by atoms with E-state index in [2.05, 4.69) is 6.08 Å². The molecule has 1 fully saturated rings. The molecule has 0 aromatic rings. The second-order valence-electron chi connectivity index (χ2n) is 26.3. The first-order valence-electron chi connectivity index (χ1n) is 41.2. The van der Waals surface area contributed by atoms with E-state index in [1.54, 1.807) is 24.2 Å². The monoisotopic (exact) mass is 1690 g/mol. The molecular weight excluding hydrogens is 1560 g/mol. The van der Waals surface area contributed by atoms with Crippen LogP contribution < -0.4 is 0 Å². The van der Waals surface area contributed by atoms with E-state index in [-0.39, 0.29) is 68.3 Å². The molecular formula is C81H134N2O33S. The highest BCUT2D eigenvalue weighted by atomic mass is 32.2. The summed E-state index contributed by atoms with van der Waals surface area (Å²) >= 11 is 0. The first-order valence-corrected chi connectivity index (χ1v) is 42.6. The van der Waals surface area contributed by atoms with E-state index in [9.17, 15) is 32.1 Å². The summed E-state index contributed by atoms with van der Waals surface area (Å²) in [6, 6.07) is 0. The number of carbonyl (C=O) groups excluding carboxylic acids is 4. The number of methoxy groups -OCH3 is 1. The molecule has 4 aliphatic carbocycles. The summed E-state index contributed by atoms with van der Waals surface area (Å²) in [6.07, 6.45) is 13.9. The third-order valence-corrected chi connectivity index (χ3v) is 18.8. The van der Waals surface area contributed by atoms with Gasteiger partial charge < -0.3 is 128 Å². The first-order chi connectivity index (χ1) is 57.5. The zero-order chi connectivity index (χ0) is 83.4. The van der Waals surface area contributed by atoms with Crippen LogP contribution in [0.5, 0.6) is 0 Å². The van der Waals surface area contributed by atoms with Crippen LogP contribution in [0.25, 0.3) is 0 Å². The summed E-state index contributed by atoms with van der Waals surface area (Å²) in [6.45, 7) is 25.6. The lowest BCUT2D eigenvalue weighted by Gasteiger charge is -2.43. The van der Waals surface area contributed by atoms with Crippen LogP contribution in [0, 0.1) is 11.8 Å². The third-order valence-electron chi connectivity index (χ3n) is 17.9. The summed E-state index contributed by atoms with van der Waals surface area (Å²) in [5.41, 5.74) is 5.19. The Morgan fingerprint density at radius 3 is 0.966 bits per heavy atom. The molecule has 2 atom stereocenters. The van der Waals surface area contributed by atoms with Crippen LogP contribution in [-0.4, -0.2) is 384 Å². The molecule has 2 unspecified atom stereocenters. The number of ether oxygens (including phenoxy) is 25. The van der Waals surface area contributed by atoms with Crippen molar-refractivity contribution in [3.63, 3.8) is 0 Å². The summed E-state index contributed by atoms with van der Waals surface area (Å²) in [5, 5.41) is 0.534. The smallest absolute Gasteiger partial charge is 0.333 e. The largest absolute Gasteiger partial charge is 0.483 e. The van der Waals surface area contributed by atoms with Crippen molar-refractivity contribution in [1.82, 2.24) is 9.96 Å². The molecule has 0 aromatic heterocycles. The van der Waals surface area contributed by atoms with Crippen LogP contribution >= 0.6 is 0 Å². The molecule has 1 aliphatic heterocycles. The Bertz CT molecular complexity index is 2970. The van der Waals surface area contributed by atoms with Crippen LogP contribution in [0.1, 0.15) is 65.2 Å². The highest BCUT2D eigenvalue weighted by molar-refractivity contribution is 7.90. The maximum atomic E-state index is 14.0. The van der Waals surface area contributed by atoms with Crippen LogP contribution in [0.2, 0.25) is 0 Å². The zero-order valence-corrected chi connectivity index (χ0v) is 70.3. The summed E-state index contributed by atoms with van der Waals surface area (Å²) in [5.74, 6) is -2.18. The van der Waals surface area contributed by atoms with Crippen molar-refractivity contribution in [3.05, 3.63) is 80.6 Å². The third kappa shape index (κ3) is 47.9. The number of rotatable bonds is 85. The standard InChI is InChI=1S/C81H134N2O33S/c1-4-68-65-74(72-12-13-73-75(117(88,89)90)66-69(5-2)71-11-10-70(68)80(72)81(71)73)115-67-78(86)82(16-8-6-7-9-79(87)116-83-76(84)14-15-77(83)85)17-18-92-21-22-94-25-26-96-29-30-98-33-34-100-37-38-102-41-42-104-45-46-106-49-50-108-53-54-110-57-58-112-61-62-114-64-63-113-60-59-111-56-55-109-52-51-107-48-47-105-44-43-103-40-39-101-36-35-99-32-31-97-28-27-95-24-23-93-20-19-91-3/h10-13,65-66,80-81H,4-9,14-64,67H2,1-3H3,(H,88,89,90). The van der Waals surface area contributed by atoms with Crippen molar-refractivity contribution in [3.8, 4) is 0 Å². The average Bonchev–Trinajstić information content (AvgIpc) is 1.41. The normalized spacial score (nSPS) is 15.9. The molecule has 1 saturated heterocycles. The summed E-state index contributed by atoms with van der Waals surface area (Å²) < 4.78 is 175. The molecule has 5 aliphatic rings. The van der Waals surface area contributed by atoms with Gasteiger partial charge in [0.1, 0.15) is 5.76 Å². The Kier molecular flexibility index (Phi) is 60.9. The van der Waals surface area contributed by atoms with Crippen LogP contribution in [0.3, 0.4) is 0 Å². The van der Waals surface area contributed by atoms with Crippen molar-refractivity contribution < 1.29 is 155 Å². The molecule has 0 radical (unpaired) electrons. The number of hydrogen-bond acceptors (Lipinski definition) is 32. The summed E-state index contributed by atoms with van der Waals surface area (Å²) in [4.78, 5) is 56.8. The first kappa shape index (κ1) is 103. The van der Waals surface area contributed by atoms with Crippen molar-refractivity contribution in [2.45, 2.75) is 65.2 Å². The SMILES string of the molecule is CCC1=C2C=CC3=C(CC)C=C(S(=O)(=O)O)C4=CC=C(C(OCC(=O)N(CCCCCC(=O)ON5C(=O)CCC5=O)CCOCCOCCOCCOCCOCCOCCOCCOCCOCCOCCOCCOCCOCCOCCOCCOCCOCCOCCOCCOCCOCCOCCOCCOC)=C1)C2C43. The minimum absolute atomic E-state index is 0.00639. The van der Waals surface area contributed by atoms with Gasteiger partial charge in [-0.1, -0.05) is 44.6 Å². The van der Waals surface area contributed by atoms with Crippen molar-refractivity contribution in [1.29, 1.82) is 0 Å². The van der Waals surface area contributed by atoms with Crippen LogP contribution in [0.15, 0.2) is 80.6 Å². The van der Waals surface area contributed by atoms with Crippen molar-refractivity contribution in [2.24, 2.45) is 11.8 Å². The van der Waals surface area contributed by atoms with E-state index in [0.29, 0.717) is 352 Å². The molecule has 36 heteroatoms. The van der Waals surface area contributed by atoms with Crippen molar-refractivity contribution in [2.75, 3.05) is 337 Å². The molecule has 1 N–H and O–H groups in total. The number of amides is 3. The topological polar surface area (TPSA) is 369 Å². The Labute approximate surface area is 691 Å². The lowest BCUT2D eigenvalue weighted by molar-refractivity contribution is -0.197. The second-order valence-corrected chi connectivity index (χ2v) is 27.7. The molecule has 35 nitrogen and oxygen atoms in total. The van der Waals surface area contributed by atoms with E-state index in [1.807, 2.05) is 32.1 Å². The summed E-state index contributed by atoms with van der Waals surface area (Å²) in [7, 11) is -2.88. The predicted octanol–water partition coefficient (Wildman–Crippen LogP) is 4.79. The number of imide groups is 1. The molecule has 0 bridgehead atoms. The van der Waals surface area contributed by atoms with Gasteiger partial charge in [0.15, 0.2) is 6.61 Å². The van der Waals surface area contributed by atoms with Crippen LogP contribution in [-0.2, 0) is 153 Å². The highest BCUT2D eigenvalue weighted by Gasteiger charge is 2.46. The molecule has 0 aromatic carbocycles. The molecule has 0 saturated carbocycles. The van der Waals surface area contributed by atoms with E-state index in [4.69, 9.17) is 123 Å². The molecule has 3 amide bonds. The lowest BCUT2D eigenvalue weighted by atomic mass is 9.61. The van der Waals surface area contributed by atoms with Crippen LogP contribution in [0.4, 0.5) is 0 Å². The number of hydrogen-bond donors (Lipinski definition) is 1. The van der Waals surface area contributed by atoms with Gasteiger partial charge in [-0.25, -0.2) is 4.79 Å². The van der Waals surface area contributed by atoms with Gasteiger partial charge in [0.2, 0.25) is 0 Å². The molecule has 5 rings (SSSR count). The molecule has 672 valence electrons. The molecule has 1 heterocycles. The van der Waals surface area contributed by atoms with Gasteiger partial charge in [-0.2, -0.15) is 8.42 Å². The van der Waals surface area contributed by atoms with E-state index >= 15 is 0 Å². The quantitative estimate of drug-likeness (QED) is 0.0486. The number of unbranched alkanes of at least 4 members (excludes halogenated alkanes) is 2.